The monoisotopic (exact) mass is 264 g/mol. The third kappa shape index (κ3) is 2.00. The van der Waals surface area contributed by atoms with Crippen LogP contribution in [0.1, 0.15) is 12.0 Å². The third-order valence-corrected chi connectivity index (χ3v) is 3.28. The summed E-state index contributed by atoms with van der Waals surface area (Å²) in [4.78, 5) is 0. The number of alkyl halides is 1. The fourth-order valence-electron chi connectivity index (χ4n) is 1.30. The molecule has 1 aromatic carbocycles. The average molecular weight is 265 g/mol. The van der Waals surface area contributed by atoms with E-state index in [1.807, 2.05) is 0 Å². The Morgan fingerprint density at radius 3 is 3.07 bits per heavy atom. The van der Waals surface area contributed by atoms with Gasteiger partial charge in [-0.2, -0.15) is 0 Å². The van der Waals surface area contributed by atoms with Gasteiger partial charge in [0.1, 0.15) is 0 Å². The van der Waals surface area contributed by atoms with Gasteiger partial charge in [-0.3, -0.25) is 0 Å². The van der Waals surface area contributed by atoms with Crippen molar-refractivity contribution in [1.82, 2.24) is 0 Å². The molecule has 0 aliphatic rings. The molecule has 0 radical (unpaired) electrons. The molecule has 0 saturated carbocycles. The summed E-state index contributed by atoms with van der Waals surface area (Å²) in [5, 5.41) is 4.35. The molecule has 0 amide bonds. The molecule has 0 aliphatic heterocycles. The van der Waals surface area contributed by atoms with Crippen LogP contribution in [0.2, 0.25) is 0 Å². The highest BCUT2D eigenvalue weighted by Crippen LogP contribution is 2.23. The van der Waals surface area contributed by atoms with E-state index >= 15 is 0 Å². The van der Waals surface area contributed by atoms with E-state index in [-0.39, 0.29) is 0 Å². The number of rotatable bonds is 1. The molecule has 1 heterocycles. The summed E-state index contributed by atoms with van der Waals surface area (Å²) in [6, 6.07) is 8.41. The Hall–Kier alpha value is -0.780. The van der Waals surface area contributed by atoms with Crippen molar-refractivity contribution in [2.45, 2.75) is 6.42 Å². The molecule has 0 atom stereocenters. The van der Waals surface area contributed by atoms with E-state index in [9.17, 15) is 0 Å². The van der Waals surface area contributed by atoms with Crippen molar-refractivity contribution in [2.24, 2.45) is 0 Å². The van der Waals surface area contributed by atoms with Crippen molar-refractivity contribution in [2.75, 3.05) is 5.33 Å². The molecule has 2 rings (SSSR count). The van der Waals surface area contributed by atoms with Crippen molar-refractivity contribution in [3.8, 4) is 11.8 Å². The molecule has 0 bridgehead atoms. The summed E-state index contributed by atoms with van der Waals surface area (Å²) in [6.07, 6.45) is 0.905. The average Bonchev–Trinajstić information content (AvgIpc) is 2.67. The molecule has 0 N–H and O–H groups in total. The second-order valence-corrected chi connectivity index (χ2v) is 4.59. The van der Waals surface area contributed by atoms with Crippen LogP contribution in [-0.2, 0) is 0 Å². The molecular weight excluding hydrogens is 256 g/mol. The summed E-state index contributed by atoms with van der Waals surface area (Å²) in [5.41, 5.74) is 1.15. The molecule has 0 spiro atoms. The number of benzene rings is 1. The fourth-order valence-corrected chi connectivity index (χ4v) is 2.36. The molecule has 0 nitrogen and oxygen atoms in total. The maximum absolute atomic E-state index is 3.37. The van der Waals surface area contributed by atoms with Crippen molar-refractivity contribution in [3.63, 3.8) is 0 Å². The molecule has 0 fully saturated rings. The van der Waals surface area contributed by atoms with E-state index in [2.05, 4.69) is 57.4 Å². The van der Waals surface area contributed by atoms with Crippen LogP contribution in [-0.4, -0.2) is 5.33 Å². The summed E-state index contributed by atoms with van der Waals surface area (Å²) < 4.78 is 1.30. The van der Waals surface area contributed by atoms with Crippen LogP contribution >= 0.6 is 27.3 Å². The van der Waals surface area contributed by atoms with E-state index in [0.717, 1.165) is 17.3 Å². The Balaban J connectivity index is 2.43. The van der Waals surface area contributed by atoms with Gasteiger partial charge in [0.05, 0.1) is 0 Å². The van der Waals surface area contributed by atoms with Gasteiger partial charge in [-0.15, -0.1) is 11.3 Å². The smallest absolute Gasteiger partial charge is 0.0499 e. The predicted octanol–water partition coefficient (Wildman–Crippen LogP) is 4.04. The summed E-state index contributed by atoms with van der Waals surface area (Å²) in [7, 11) is 0. The summed E-state index contributed by atoms with van der Waals surface area (Å²) in [5.74, 6) is 6.35. The van der Waals surface area contributed by atoms with Gasteiger partial charge in [-0.25, -0.2) is 0 Å². The molecule has 70 valence electrons. The van der Waals surface area contributed by atoms with E-state index in [0.29, 0.717) is 0 Å². The van der Waals surface area contributed by atoms with Gasteiger partial charge in [-0.05, 0) is 22.9 Å². The van der Waals surface area contributed by atoms with Crippen LogP contribution in [0.5, 0.6) is 0 Å². The van der Waals surface area contributed by atoms with Crippen LogP contribution in [0.25, 0.3) is 10.1 Å². The van der Waals surface area contributed by atoms with Gasteiger partial charge in [0.15, 0.2) is 0 Å². The minimum Gasteiger partial charge on any atom is -0.143 e. The highest BCUT2D eigenvalue weighted by molar-refractivity contribution is 9.09. The topological polar surface area (TPSA) is 0 Å². The van der Waals surface area contributed by atoms with Gasteiger partial charge < -0.3 is 0 Å². The van der Waals surface area contributed by atoms with Crippen LogP contribution in [0.3, 0.4) is 0 Å². The largest absolute Gasteiger partial charge is 0.143 e. The lowest BCUT2D eigenvalue weighted by Crippen LogP contribution is -1.74. The molecule has 2 aromatic rings. The van der Waals surface area contributed by atoms with Crippen LogP contribution in [0.4, 0.5) is 0 Å². The van der Waals surface area contributed by atoms with Crippen molar-refractivity contribution in [1.29, 1.82) is 0 Å². The Kier molecular flexibility index (Phi) is 3.23. The quantitative estimate of drug-likeness (QED) is 0.539. The molecule has 2 heteroatoms. The third-order valence-electron chi connectivity index (χ3n) is 1.92. The lowest BCUT2D eigenvalue weighted by molar-refractivity contribution is 1.32. The van der Waals surface area contributed by atoms with Crippen LogP contribution < -0.4 is 0 Å². The van der Waals surface area contributed by atoms with Crippen LogP contribution in [0, 0.1) is 11.8 Å². The molecular formula is C12H9BrS. The van der Waals surface area contributed by atoms with Gasteiger partial charge >= 0.3 is 0 Å². The van der Waals surface area contributed by atoms with E-state index in [4.69, 9.17) is 0 Å². The number of halogens is 1. The Bertz CT molecular complexity index is 487. The minimum absolute atomic E-state index is 0.905. The van der Waals surface area contributed by atoms with Crippen molar-refractivity contribution >= 4 is 37.4 Å². The first-order valence-corrected chi connectivity index (χ1v) is 6.43. The molecule has 14 heavy (non-hydrogen) atoms. The SMILES string of the molecule is BrCCC#Cc1cccc2ccsc12. The highest BCUT2D eigenvalue weighted by atomic mass is 79.9. The first-order valence-electron chi connectivity index (χ1n) is 4.43. The maximum atomic E-state index is 3.37. The van der Waals surface area contributed by atoms with Crippen molar-refractivity contribution < 1.29 is 0 Å². The van der Waals surface area contributed by atoms with Gasteiger partial charge in [0.25, 0.3) is 0 Å². The molecule has 0 aliphatic carbocycles. The first kappa shape index (κ1) is 9.76. The zero-order chi connectivity index (χ0) is 9.80. The molecule has 1 aromatic heterocycles. The maximum Gasteiger partial charge on any atom is 0.0499 e. The van der Waals surface area contributed by atoms with Gasteiger partial charge in [0, 0.05) is 22.0 Å². The standard InChI is InChI=1S/C12H9BrS/c13-8-2-1-4-10-5-3-6-11-7-9-14-12(10)11/h3,5-7,9H,2,8H2. The fraction of sp³-hybridized carbons (Fsp3) is 0.167. The number of hydrogen-bond donors (Lipinski definition) is 0. The van der Waals surface area contributed by atoms with Gasteiger partial charge in [-0.1, -0.05) is 39.9 Å². The van der Waals surface area contributed by atoms with Crippen molar-refractivity contribution in [3.05, 3.63) is 35.2 Å². The molecule has 0 unspecified atom stereocenters. The molecule has 0 saturated heterocycles. The normalized spacial score (nSPS) is 9.79. The lowest BCUT2D eigenvalue weighted by Gasteiger charge is -1.92. The zero-order valence-corrected chi connectivity index (χ0v) is 9.99. The highest BCUT2D eigenvalue weighted by Gasteiger charge is 1.97. The summed E-state index contributed by atoms with van der Waals surface area (Å²) in [6.45, 7) is 0. The van der Waals surface area contributed by atoms with E-state index in [1.54, 1.807) is 11.3 Å². The zero-order valence-electron chi connectivity index (χ0n) is 7.59. The number of thiophene rings is 1. The van der Waals surface area contributed by atoms with Gasteiger partial charge in [0.2, 0.25) is 0 Å². The number of fused-ring (bicyclic) bond motifs is 1. The second kappa shape index (κ2) is 4.63. The predicted molar refractivity (Wildman–Crippen MR) is 67.1 cm³/mol. The minimum atomic E-state index is 0.905. The number of hydrogen-bond acceptors (Lipinski definition) is 1. The van der Waals surface area contributed by atoms with Crippen LogP contribution in [0.15, 0.2) is 29.6 Å². The Morgan fingerprint density at radius 2 is 2.21 bits per heavy atom. The van der Waals surface area contributed by atoms with E-state index < -0.39 is 0 Å². The lowest BCUT2D eigenvalue weighted by atomic mass is 10.2. The van der Waals surface area contributed by atoms with E-state index in [1.165, 1.54) is 10.1 Å². The Labute approximate surface area is 96.1 Å². The summed E-state index contributed by atoms with van der Waals surface area (Å²) >= 11 is 5.12. The first-order chi connectivity index (χ1) is 6.92. The Morgan fingerprint density at radius 1 is 1.29 bits per heavy atom. The second-order valence-electron chi connectivity index (χ2n) is 2.89.